The highest BCUT2D eigenvalue weighted by Crippen LogP contribution is 2.14. The third kappa shape index (κ3) is 9.42. The minimum Gasteiger partial charge on any atom is -0.460 e. The zero-order valence-electron chi connectivity index (χ0n) is 15.3. The van der Waals surface area contributed by atoms with Crippen molar-refractivity contribution in [2.24, 2.45) is 5.92 Å². The van der Waals surface area contributed by atoms with E-state index in [9.17, 15) is 4.79 Å². The number of ether oxygens (including phenoxy) is 1. The van der Waals surface area contributed by atoms with Crippen molar-refractivity contribution in [3.63, 3.8) is 0 Å². The number of rotatable bonds is 8. The molecular formula is C21H28BrNO2. The summed E-state index contributed by atoms with van der Waals surface area (Å²) in [6.07, 6.45) is 0.978. The lowest BCUT2D eigenvalue weighted by molar-refractivity contribution is -0.143. The third-order valence-electron chi connectivity index (χ3n) is 3.48. The Labute approximate surface area is 159 Å². The van der Waals surface area contributed by atoms with Crippen molar-refractivity contribution in [3.8, 4) is 0 Å². The van der Waals surface area contributed by atoms with E-state index in [2.05, 4.69) is 40.3 Å². The first-order valence-electron chi connectivity index (χ1n) is 8.78. The van der Waals surface area contributed by atoms with Gasteiger partial charge in [-0.15, -0.1) is 0 Å². The van der Waals surface area contributed by atoms with E-state index >= 15 is 0 Å². The van der Waals surface area contributed by atoms with Gasteiger partial charge in [0.2, 0.25) is 0 Å². The molecule has 0 bridgehead atoms. The molecule has 0 spiro atoms. The van der Waals surface area contributed by atoms with E-state index < -0.39 is 0 Å². The smallest absolute Gasteiger partial charge is 0.320 e. The molecule has 4 heteroatoms. The summed E-state index contributed by atoms with van der Waals surface area (Å²) in [5.41, 5.74) is 2.30. The van der Waals surface area contributed by atoms with Crippen LogP contribution in [0.15, 0.2) is 59.1 Å². The predicted molar refractivity (Wildman–Crippen MR) is 107 cm³/mol. The number of carbonyl (C=O) groups excluding carboxylic acids is 1. The molecular weight excluding hydrogens is 378 g/mol. The third-order valence-corrected chi connectivity index (χ3v) is 3.97. The van der Waals surface area contributed by atoms with Crippen LogP contribution in [-0.2, 0) is 22.6 Å². The number of halogens is 1. The monoisotopic (exact) mass is 405 g/mol. The lowest BCUT2D eigenvalue weighted by Gasteiger charge is -2.13. The van der Waals surface area contributed by atoms with E-state index in [1.54, 1.807) is 0 Å². The van der Waals surface area contributed by atoms with Gasteiger partial charge >= 0.3 is 5.97 Å². The normalized spacial score (nSPS) is 11.2. The number of hydrogen-bond acceptors (Lipinski definition) is 3. The number of esters is 1. The summed E-state index contributed by atoms with van der Waals surface area (Å²) in [7, 11) is 0. The highest BCUT2D eigenvalue weighted by molar-refractivity contribution is 9.10. The minimum absolute atomic E-state index is 0.219. The van der Waals surface area contributed by atoms with E-state index in [1.165, 1.54) is 5.56 Å². The van der Waals surface area contributed by atoms with Crippen LogP contribution in [0.2, 0.25) is 0 Å². The molecule has 0 saturated heterocycles. The fraction of sp³-hybridized carbons (Fsp3) is 0.381. The standard InChI is InChI=1S/C19H22BrNO2.C2H6/c1-15(10-17-8-5-9-18(20)11-17)12-21-13-19(22)23-14-16-6-3-2-4-7-16;1-2/h2-9,11,15,21H,10,12-14H2,1H3;1-2H3. The number of hydrogen-bond donors (Lipinski definition) is 1. The SMILES string of the molecule is CC.CC(CNCC(=O)OCc1ccccc1)Cc1cccc(Br)c1. The molecule has 1 atom stereocenters. The van der Waals surface area contributed by atoms with Crippen LogP contribution in [-0.4, -0.2) is 19.1 Å². The van der Waals surface area contributed by atoms with Crippen molar-refractivity contribution >= 4 is 21.9 Å². The lowest BCUT2D eigenvalue weighted by Crippen LogP contribution is -2.29. The second kappa shape index (κ2) is 12.7. The largest absolute Gasteiger partial charge is 0.460 e. The van der Waals surface area contributed by atoms with Crippen LogP contribution in [0.5, 0.6) is 0 Å². The molecule has 0 aliphatic rings. The molecule has 1 unspecified atom stereocenters. The van der Waals surface area contributed by atoms with Crippen LogP contribution >= 0.6 is 15.9 Å². The average Bonchev–Trinajstić information content (AvgIpc) is 2.62. The van der Waals surface area contributed by atoms with Crippen molar-refractivity contribution in [2.45, 2.75) is 33.8 Å². The molecule has 2 aromatic rings. The molecule has 2 aromatic carbocycles. The average molecular weight is 406 g/mol. The first-order chi connectivity index (χ1) is 12.1. The van der Waals surface area contributed by atoms with Crippen molar-refractivity contribution in [1.29, 1.82) is 0 Å². The van der Waals surface area contributed by atoms with Crippen molar-refractivity contribution in [2.75, 3.05) is 13.1 Å². The molecule has 2 rings (SSSR count). The van der Waals surface area contributed by atoms with Gasteiger partial charge in [0, 0.05) is 4.47 Å². The Balaban J connectivity index is 0.00000151. The maximum atomic E-state index is 11.7. The fourth-order valence-electron chi connectivity index (χ4n) is 2.35. The number of carbonyl (C=O) groups is 1. The quantitative estimate of drug-likeness (QED) is 0.628. The van der Waals surface area contributed by atoms with Crippen LogP contribution in [0, 0.1) is 5.92 Å². The van der Waals surface area contributed by atoms with Gasteiger partial charge < -0.3 is 10.1 Å². The Morgan fingerprint density at radius 2 is 1.76 bits per heavy atom. The van der Waals surface area contributed by atoms with Crippen molar-refractivity contribution in [1.82, 2.24) is 5.32 Å². The molecule has 0 fully saturated rings. The van der Waals surface area contributed by atoms with Crippen molar-refractivity contribution < 1.29 is 9.53 Å². The zero-order valence-corrected chi connectivity index (χ0v) is 16.9. The van der Waals surface area contributed by atoms with Gasteiger partial charge in [-0.25, -0.2) is 0 Å². The Bertz CT molecular complexity index is 616. The molecule has 0 aliphatic heterocycles. The zero-order chi connectivity index (χ0) is 18.5. The maximum Gasteiger partial charge on any atom is 0.320 e. The van der Waals surface area contributed by atoms with Crippen LogP contribution < -0.4 is 5.32 Å². The summed E-state index contributed by atoms with van der Waals surface area (Å²) < 4.78 is 6.33. The molecule has 0 heterocycles. The second-order valence-corrected chi connectivity index (χ2v) is 6.63. The Kier molecular flexibility index (Phi) is 10.8. The highest BCUT2D eigenvalue weighted by atomic mass is 79.9. The van der Waals surface area contributed by atoms with E-state index in [0.717, 1.165) is 23.0 Å². The van der Waals surface area contributed by atoms with Gasteiger partial charge in [-0.2, -0.15) is 0 Å². The summed E-state index contributed by atoms with van der Waals surface area (Å²) in [6, 6.07) is 18.0. The Morgan fingerprint density at radius 3 is 2.44 bits per heavy atom. The molecule has 0 amide bonds. The molecule has 0 radical (unpaired) electrons. The second-order valence-electron chi connectivity index (χ2n) is 5.72. The number of benzene rings is 2. The highest BCUT2D eigenvalue weighted by Gasteiger charge is 2.07. The molecule has 0 aliphatic carbocycles. The first-order valence-corrected chi connectivity index (χ1v) is 9.57. The summed E-state index contributed by atoms with van der Waals surface area (Å²) in [5, 5.41) is 3.17. The van der Waals surface area contributed by atoms with Gasteiger partial charge in [-0.3, -0.25) is 4.79 Å². The van der Waals surface area contributed by atoms with Gasteiger partial charge in [-0.1, -0.05) is 79.2 Å². The summed E-state index contributed by atoms with van der Waals surface area (Å²) in [5.74, 6) is 0.231. The Hall–Kier alpha value is -1.65. The van der Waals surface area contributed by atoms with Gasteiger partial charge in [0.25, 0.3) is 0 Å². The first kappa shape index (κ1) is 21.4. The van der Waals surface area contributed by atoms with Gasteiger partial charge in [0.1, 0.15) is 6.61 Å². The van der Waals surface area contributed by atoms with Crippen LogP contribution in [0.3, 0.4) is 0 Å². The van der Waals surface area contributed by atoms with E-state index in [-0.39, 0.29) is 12.5 Å². The lowest BCUT2D eigenvalue weighted by atomic mass is 10.0. The van der Waals surface area contributed by atoms with Crippen molar-refractivity contribution in [3.05, 3.63) is 70.2 Å². The Morgan fingerprint density at radius 1 is 1.08 bits per heavy atom. The molecule has 0 saturated carbocycles. The molecule has 1 N–H and O–H groups in total. The minimum atomic E-state index is -0.219. The van der Waals surface area contributed by atoms with Crippen LogP contribution in [0.1, 0.15) is 31.9 Å². The van der Waals surface area contributed by atoms with Gasteiger partial charge in [-0.05, 0) is 42.1 Å². The molecule has 25 heavy (non-hydrogen) atoms. The van der Waals surface area contributed by atoms with Gasteiger partial charge in [0.05, 0.1) is 6.54 Å². The van der Waals surface area contributed by atoms with Gasteiger partial charge in [0.15, 0.2) is 0 Å². The van der Waals surface area contributed by atoms with Crippen LogP contribution in [0.4, 0.5) is 0 Å². The summed E-state index contributed by atoms with van der Waals surface area (Å²) in [4.78, 5) is 11.7. The molecule has 0 aromatic heterocycles. The van der Waals surface area contributed by atoms with E-state index in [0.29, 0.717) is 12.5 Å². The van der Waals surface area contributed by atoms with E-state index in [1.807, 2.05) is 56.3 Å². The molecule has 3 nitrogen and oxygen atoms in total. The molecule has 136 valence electrons. The summed E-state index contributed by atoms with van der Waals surface area (Å²) in [6.45, 7) is 7.53. The fourth-order valence-corrected chi connectivity index (χ4v) is 2.79. The summed E-state index contributed by atoms with van der Waals surface area (Å²) >= 11 is 3.48. The topological polar surface area (TPSA) is 38.3 Å². The maximum absolute atomic E-state index is 11.7. The van der Waals surface area contributed by atoms with E-state index in [4.69, 9.17) is 4.74 Å². The number of nitrogens with one attached hydrogen (secondary N) is 1. The predicted octanol–water partition coefficient (Wildman–Crippen LogP) is 4.99. The van der Waals surface area contributed by atoms with Crippen LogP contribution in [0.25, 0.3) is 0 Å².